The maximum absolute atomic E-state index is 12.1. The number of nitrogens with zero attached hydrogens (tertiary/aromatic N) is 1. The number of carboxylic acid groups (broad SMARTS) is 1. The summed E-state index contributed by atoms with van der Waals surface area (Å²) in [6.07, 6.45) is 0.257. The van der Waals surface area contributed by atoms with Gasteiger partial charge in [0.05, 0.1) is 5.92 Å². The van der Waals surface area contributed by atoms with Crippen LogP contribution in [-0.2, 0) is 9.59 Å². The van der Waals surface area contributed by atoms with Crippen LogP contribution in [-0.4, -0.2) is 35.0 Å². The monoisotopic (exact) mass is 277 g/mol. The molecular formula is C16H23NO3. The Balaban J connectivity index is 2.83. The van der Waals surface area contributed by atoms with E-state index in [0.717, 1.165) is 5.56 Å². The molecule has 2 atom stereocenters. The van der Waals surface area contributed by atoms with Gasteiger partial charge in [-0.05, 0) is 25.3 Å². The van der Waals surface area contributed by atoms with Crippen molar-refractivity contribution < 1.29 is 14.7 Å². The molecule has 0 aliphatic carbocycles. The number of carboxylic acids is 1. The second kappa shape index (κ2) is 7.68. The van der Waals surface area contributed by atoms with Crippen LogP contribution in [0.2, 0.25) is 0 Å². The first-order chi connectivity index (χ1) is 9.51. The number of carbonyl (C=O) groups excluding carboxylic acids is 1. The third kappa shape index (κ3) is 4.08. The molecule has 4 heteroatoms. The summed E-state index contributed by atoms with van der Waals surface area (Å²) < 4.78 is 0. The quantitative estimate of drug-likeness (QED) is 0.833. The van der Waals surface area contributed by atoms with E-state index in [1.807, 2.05) is 39.0 Å². The maximum Gasteiger partial charge on any atom is 0.311 e. The molecule has 1 aromatic carbocycles. The molecule has 0 aromatic heterocycles. The highest BCUT2D eigenvalue weighted by atomic mass is 16.4. The smallest absolute Gasteiger partial charge is 0.311 e. The van der Waals surface area contributed by atoms with Crippen LogP contribution >= 0.6 is 0 Å². The average molecular weight is 277 g/mol. The van der Waals surface area contributed by atoms with Crippen LogP contribution in [0.15, 0.2) is 30.3 Å². The molecule has 1 amide bonds. The molecule has 0 saturated heterocycles. The molecule has 0 spiro atoms. The number of carbonyl (C=O) groups is 2. The van der Waals surface area contributed by atoms with Crippen LogP contribution in [0.5, 0.6) is 0 Å². The van der Waals surface area contributed by atoms with Gasteiger partial charge in [-0.1, -0.05) is 37.3 Å². The van der Waals surface area contributed by atoms with Gasteiger partial charge in [0.15, 0.2) is 0 Å². The summed E-state index contributed by atoms with van der Waals surface area (Å²) in [6.45, 7) is 7.00. The summed E-state index contributed by atoms with van der Waals surface area (Å²) >= 11 is 0. The van der Waals surface area contributed by atoms with E-state index in [1.54, 1.807) is 17.0 Å². The van der Waals surface area contributed by atoms with E-state index in [0.29, 0.717) is 13.1 Å². The van der Waals surface area contributed by atoms with Crippen LogP contribution in [0.3, 0.4) is 0 Å². The zero-order valence-corrected chi connectivity index (χ0v) is 12.4. The minimum Gasteiger partial charge on any atom is -0.481 e. The van der Waals surface area contributed by atoms with Crippen molar-refractivity contribution in [1.29, 1.82) is 0 Å². The number of aliphatic carboxylic acids is 1. The van der Waals surface area contributed by atoms with Gasteiger partial charge in [0.1, 0.15) is 0 Å². The predicted octanol–water partition coefficient (Wildman–Crippen LogP) is 2.75. The maximum atomic E-state index is 12.1. The number of hydrogen-bond acceptors (Lipinski definition) is 2. The molecule has 0 radical (unpaired) electrons. The number of benzene rings is 1. The number of hydrogen-bond donors (Lipinski definition) is 1. The van der Waals surface area contributed by atoms with Crippen molar-refractivity contribution in [3.63, 3.8) is 0 Å². The molecular weight excluding hydrogens is 254 g/mol. The number of rotatable bonds is 7. The standard InChI is InChI=1S/C16H23NO3/c1-4-17(5-2)14(18)11-12(3)15(16(19)20)13-9-7-6-8-10-13/h6-10,12,15H,4-5,11H2,1-3H3,(H,19,20)/t12-,15+/m1/s1. The summed E-state index contributed by atoms with van der Waals surface area (Å²) in [7, 11) is 0. The first-order valence-corrected chi connectivity index (χ1v) is 7.06. The molecule has 0 fully saturated rings. The van der Waals surface area contributed by atoms with Gasteiger partial charge in [0, 0.05) is 19.5 Å². The van der Waals surface area contributed by atoms with E-state index >= 15 is 0 Å². The molecule has 20 heavy (non-hydrogen) atoms. The van der Waals surface area contributed by atoms with Gasteiger partial charge >= 0.3 is 5.97 Å². The SMILES string of the molecule is CCN(CC)C(=O)C[C@@H](C)[C@H](C(=O)O)c1ccccc1. The Hall–Kier alpha value is -1.84. The van der Waals surface area contributed by atoms with E-state index in [9.17, 15) is 14.7 Å². The lowest BCUT2D eigenvalue weighted by Crippen LogP contribution is -2.33. The Labute approximate surface area is 120 Å². The third-order valence-corrected chi connectivity index (χ3v) is 3.61. The van der Waals surface area contributed by atoms with Gasteiger partial charge in [-0.3, -0.25) is 9.59 Å². The van der Waals surface area contributed by atoms with E-state index < -0.39 is 11.9 Å². The Bertz CT molecular complexity index is 440. The lowest BCUT2D eigenvalue weighted by atomic mass is 9.85. The lowest BCUT2D eigenvalue weighted by molar-refractivity contribution is -0.140. The highest BCUT2D eigenvalue weighted by Gasteiger charge is 2.28. The largest absolute Gasteiger partial charge is 0.481 e. The molecule has 0 bridgehead atoms. The fourth-order valence-corrected chi connectivity index (χ4v) is 2.47. The molecule has 110 valence electrons. The van der Waals surface area contributed by atoms with Gasteiger partial charge in [0.25, 0.3) is 0 Å². The Morgan fingerprint density at radius 2 is 1.70 bits per heavy atom. The van der Waals surface area contributed by atoms with Crippen molar-refractivity contribution in [3.05, 3.63) is 35.9 Å². The molecule has 1 N–H and O–H groups in total. The molecule has 4 nitrogen and oxygen atoms in total. The van der Waals surface area contributed by atoms with Gasteiger partial charge in [-0.15, -0.1) is 0 Å². The fourth-order valence-electron chi connectivity index (χ4n) is 2.47. The summed E-state index contributed by atoms with van der Waals surface area (Å²) in [5, 5.41) is 9.44. The van der Waals surface area contributed by atoms with Crippen LogP contribution in [0, 0.1) is 5.92 Å². The van der Waals surface area contributed by atoms with E-state index in [-0.39, 0.29) is 18.2 Å². The van der Waals surface area contributed by atoms with Gasteiger partial charge in [-0.25, -0.2) is 0 Å². The second-order valence-corrected chi connectivity index (χ2v) is 4.97. The summed E-state index contributed by atoms with van der Waals surface area (Å²) in [5.41, 5.74) is 0.750. The third-order valence-electron chi connectivity index (χ3n) is 3.61. The predicted molar refractivity (Wildman–Crippen MR) is 78.5 cm³/mol. The Morgan fingerprint density at radius 3 is 2.15 bits per heavy atom. The van der Waals surface area contributed by atoms with E-state index in [4.69, 9.17) is 0 Å². The fraction of sp³-hybridized carbons (Fsp3) is 0.500. The van der Waals surface area contributed by atoms with Crippen LogP contribution < -0.4 is 0 Å². The molecule has 1 rings (SSSR count). The van der Waals surface area contributed by atoms with Crippen molar-refractivity contribution >= 4 is 11.9 Å². The number of amides is 1. The normalized spacial score (nSPS) is 13.6. The van der Waals surface area contributed by atoms with Gasteiger partial charge < -0.3 is 10.0 Å². The van der Waals surface area contributed by atoms with Crippen molar-refractivity contribution in [2.45, 2.75) is 33.1 Å². The zero-order valence-electron chi connectivity index (χ0n) is 12.4. The lowest BCUT2D eigenvalue weighted by Gasteiger charge is -2.24. The summed E-state index contributed by atoms with van der Waals surface area (Å²) in [6, 6.07) is 9.11. The average Bonchev–Trinajstić information content (AvgIpc) is 2.40. The van der Waals surface area contributed by atoms with E-state index in [2.05, 4.69) is 0 Å². The Kier molecular flexibility index (Phi) is 6.22. The highest BCUT2D eigenvalue weighted by molar-refractivity contribution is 5.80. The zero-order chi connectivity index (χ0) is 15.1. The molecule has 0 heterocycles. The minimum absolute atomic E-state index is 0.0182. The molecule has 1 aromatic rings. The van der Waals surface area contributed by atoms with Crippen molar-refractivity contribution in [3.8, 4) is 0 Å². The first kappa shape index (κ1) is 16.2. The molecule has 0 aliphatic heterocycles. The van der Waals surface area contributed by atoms with Crippen molar-refractivity contribution in [2.24, 2.45) is 5.92 Å². The summed E-state index contributed by atoms with van der Waals surface area (Å²) in [4.78, 5) is 25.4. The molecule has 0 aliphatic rings. The van der Waals surface area contributed by atoms with Crippen LogP contribution in [0.25, 0.3) is 0 Å². The first-order valence-electron chi connectivity index (χ1n) is 7.06. The van der Waals surface area contributed by atoms with Crippen LogP contribution in [0.4, 0.5) is 0 Å². The van der Waals surface area contributed by atoms with E-state index in [1.165, 1.54) is 0 Å². The summed E-state index contributed by atoms with van der Waals surface area (Å²) in [5.74, 6) is -1.74. The van der Waals surface area contributed by atoms with Crippen molar-refractivity contribution in [2.75, 3.05) is 13.1 Å². The Morgan fingerprint density at radius 1 is 1.15 bits per heavy atom. The van der Waals surface area contributed by atoms with Gasteiger partial charge in [0.2, 0.25) is 5.91 Å². The minimum atomic E-state index is -0.879. The molecule has 0 unspecified atom stereocenters. The highest BCUT2D eigenvalue weighted by Crippen LogP contribution is 2.27. The van der Waals surface area contributed by atoms with Crippen LogP contribution in [0.1, 0.15) is 38.7 Å². The molecule has 0 saturated carbocycles. The van der Waals surface area contributed by atoms with Gasteiger partial charge in [-0.2, -0.15) is 0 Å². The second-order valence-electron chi connectivity index (χ2n) is 4.97. The van der Waals surface area contributed by atoms with Crippen molar-refractivity contribution in [1.82, 2.24) is 4.90 Å². The topological polar surface area (TPSA) is 57.6 Å².